The molecule has 1 aromatic carbocycles. The number of methoxy groups -OCH3 is 1. The third-order valence-electron chi connectivity index (χ3n) is 5.32. The smallest absolute Gasteiger partial charge is 0.295 e. The number of benzene rings is 1. The Morgan fingerprint density at radius 2 is 2.03 bits per heavy atom. The van der Waals surface area contributed by atoms with E-state index in [4.69, 9.17) is 9.47 Å². The zero-order valence-corrected chi connectivity index (χ0v) is 19.0. The quantitative estimate of drug-likeness (QED) is 0.277. The Morgan fingerprint density at radius 3 is 2.66 bits per heavy atom. The van der Waals surface area contributed by atoms with Crippen molar-refractivity contribution in [3.8, 4) is 5.75 Å². The molecule has 0 unspecified atom stereocenters. The number of amides is 1. The first-order valence-corrected chi connectivity index (χ1v) is 10.8. The van der Waals surface area contributed by atoms with Gasteiger partial charge in [-0.2, -0.15) is 0 Å². The molecule has 1 N–H and O–H groups in total. The molecule has 7 nitrogen and oxygen atoms in total. The van der Waals surface area contributed by atoms with Crippen molar-refractivity contribution < 1.29 is 24.2 Å². The lowest BCUT2D eigenvalue weighted by Crippen LogP contribution is -2.31. The van der Waals surface area contributed by atoms with Crippen molar-refractivity contribution in [2.75, 3.05) is 26.9 Å². The van der Waals surface area contributed by atoms with Crippen LogP contribution in [0.25, 0.3) is 5.76 Å². The fourth-order valence-electron chi connectivity index (χ4n) is 3.77. The van der Waals surface area contributed by atoms with E-state index < -0.39 is 17.7 Å². The van der Waals surface area contributed by atoms with E-state index in [1.165, 1.54) is 4.90 Å². The lowest BCUT2D eigenvalue weighted by atomic mass is 9.94. The molecule has 3 rings (SSSR count). The number of aliphatic hydroxyl groups is 1. The van der Waals surface area contributed by atoms with Gasteiger partial charge in [-0.25, -0.2) is 0 Å². The Bertz CT molecular complexity index is 1000. The normalized spacial score (nSPS) is 17.9. The van der Waals surface area contributed by atoms with Crippen LogP contribution in [0.1, 0.15) is 43.0 Å². The molecule has 1 aliphatic rings. The first-order valence-electron chi connectivity index (χ1n) is 10.8. The van der Waals surface area contributed by atoms with Crippen LogP contribution in [0.5, 0.6) is 5.75 Å². The Kier molecular flexibility index (Phi) is 7.64. The molecule has 2 aromatic rings. The van der Waals surface area contributed by atoms with Gasteiger partial charge in [0.2, 0.25) is 0 Å². The largest absolute Gasteiger partial charge is 0.507 e. The highest BCUT2D eigenvalue weighted by atomic mass is 16.5. The number of ketones is 1. The maximum Gasteiger partial charge on any atom is 0.295 e. The average Bonchev–Trinajstić information content (AvgIpc) is 3.03. The summed E-state index contributed by atoms with van der Waals surface area (Å²) in [7, 11) is 1.59. The Balaban J connectivity index is 2.04. The molecule has 2 heterocycles. The van der Waals surface area contributed by atoms with Gasteiger partial charge < -0.3 is 19.5 Å². The van der Waals surface area contributed by atoms with Crippen LogP contribution in [0, 0.1) is 12.8 Å². The lowest BCUT2D eigenvalue weighted by molar-refractivity contribution is -0.140. The van der Waals surface area contributed by atoms with Crippen LogP contribution >= 0.6 is 0 Å². The highest BCUT2D eigenvalue weighted by molar-refractivity contribution is 6.46. The highest BCUT2D eigenvalue weighted by Crippen LogP contribution is 2.40. The molecule has 1 amide bonds. The molecule has 0 saturated carbocycles. The van der Waals surface area contributed by atoms with Gasteiger partial charge in [-0.3, -0.25) is 14.6 Å². The molecule has 0 spiro atoms. The topological polar surface area (TPSA) is 89.0 Å². The van der Waals surface area contributed by atoms with E-state index in [1.54, 1.807) is 43.8 Å². The van der Waals surface area contributed by atoms with E-state index in [0.29, 0.717) is 49.0 Å². The molecule has 0 aliphatic carbocycles. The van der Waals surface area contributed by atoms with Crippen LogP contribution in [0.15, 0.2) is 48.3 Å². The minimum atomic E-state index is -0.711. The van der Waals surface area contributed by atoms with E-state index in [1.807, 2.05) is 13.0 Å². The van der Waals surface area contributed by atoms with Crippen LogP contribution in [-0.4, -0.2) is 53.5 Å². The number of likely N-dealkylation sites (tertiary alicyclic amines) is 1. The number of hydrogen-bond acceptors (Lipinski definition) is 6. The van der Waals surface area contributed by atoms with Crippen LogP contribution in [0.3, 0.4) is 0 Å². The van der Waals surface area contributed by atoms with Crippen molar-refractivity contribution in [2.24, 2.45) is 5.92 Å². The summed E-state index contributed by atoms with van der Waals surface area (Å²) in [5, 5.41) is 11.2. The Labute approximate surface area is 188 Å². The predicted octanol–water partition coefficient (Wildman–Crippen LogP) is 3.88. The summed E-state index contributed by atoms with van der Waals surface area (Å²) in [5.41, 5.74) is 1.98. The molecule has 32 heavy (non-hydrogen) atoms. The van der Waals surface area contributed by atoms with Crippen molar-refractivity contribution in [1.29, 1.82) is 0 Å². The monoisotopic (exact) mass is 438 g/mol. The van der Waals surface area contributed by atoms with Crippen molar-refractivity contribution in [3.05, 3.63) is 65.0 Å². The Morgan fingerprint density at radius 1 is 1.25 bits per heavy atom. The van der Waals surface area contributed by atoms with E-state index in [-0.39, 0.29) is 11.3 Å². The van der Waals surface area contributed by atoms with Crippen molar-refractivity contribution in [3.63, 3.8) is 0 Å². The third-order valence-corrected chi connectivity index (χ3v) is 5.32. The second-order valence-corrected chi connectivity index (χ2v) is 8.31. The van der Waals surface area contributed by atoms with E-state index in [0.717, 1.165) is 5.56 Å². The standard InChI is InChI=1S/C25H30N2O5/c1-16(2)15-32-19-8-9-20(17(3)13-19)23(28)21-22(18-7-5-10-26-14-18)27(11-6-12-31-4)25(30)24(21)29/h5,7-10,13-14,16,22,28H,6,11-12,15H2,1-4H3/b23-21+/t22-/m1/s1. The molecule has 0 bridgehead atoms. The average molecular weight is 439 g/mol. The first-order chi connectivity index (χ1) is 15.3. The van der Waals surface area contributed by atoms with Crippen molar-refractivity contribution in [2.45, 2.75) is 33.2 Å². The third kappa shape index (κ3) is 4.99. The molecule has 1 fully saturated rings. The van der Waals surface area contributed by atoms with Crippen LogP contribution < -0.4 is 4.74 Å². The number of rotatable bonds is 9. The van der Waals surface area contributed by atoms with Gasteiger partial charge in [-0.05, 0) is 54.7 Å². The van der Waals surface area contributed by atoms with Gasteiger partial charge in [0.1, 0.15) is 11.5 Å². The SMILES string of the molecule is COCCCN1C(=O)C(=O)/C(=C(/O)c2ccc(OCC(C)C)cc2C)[C@H]1c1cccnc1. The summed E-state index contributed by atoms with van der Waals surface area (Å²) in [6.45, 7) is 7.34. The summed E-state index contributed by atoms with van der Waals surface area (Å²) in [5.74, 6) is -0.452. The summed E-state index contributed by atoms with van der Waals surface area (Å²) in [6.07, 6.45) is 3.81. The fourth-order valence-corrected chi connectivity index (χ4v) is 3.77. The Hall–Kier alpha value is -3.19. The summed E-state index contributed by atoms with van der Waals surface area (Å²) in [4.78, 5) is 31.5. The second kappa shape index (κ2) is 10.4. The van der Waals surface area contributed by atoms with Crippen molar-refractivity contribution in [1.82, 2.24) is 9.88 Å². The van der Waals surface area contributed by atoms with Gasteiger partial charge in [0.25, 0.3) is 11.7 Å². The predicted molar refractivity (Wildman–Crippen MR) is 121 cm³/mol. The number of aliphatic hydroxyl groups excluding tert-OH is 1. The molecule has 170 valence electrons. The molecule has 1 aliphatic heterocycles. The van der Waals surface area contributed by atoms with E-state index in [9.17, 15) is 14.7 Å². The van der Waals surface area contributed by atoms with Gasteiger partial charge in [-0.15, -0.1) is 0 Å². The minimum absolute atomic E-state index is 0.0689. The van der Waals surface area contributed by atoms with Gasteiger partial charge in [0.15, 0.2) is 0 Å². The maximum atomic E-state index is 13.0. The van der Waals surface area contributed by atoms with Gasteiger partial charge in [-0.1, -0.05) is 19.9 Å². The maximum absolute atomic E-state index is 13.0. The van der Waals surface area contributed by atoms with E-state index >= 15 is 0 Å². The molecular formula is C25H30N2O5. The lowest BCUT2D eigenvalue weighted by Gasteiger charge is -2.25. The zero-order chi connectivity index (χ0) is 23.3. The zero-order valence-electron chi connectivity index (χ0n) is 19.0. The number of ether oxygens (including phenoxy) is 2. The number of hydrogen-bond donors (Lipinski definition) is 1. The van der Waals surface area contributed by atoms with Gasteiger partial charge >= 0.3 is 0 Å². The number of nitrogens with zero attached hydrogens (tertiary/aromatic N) is 2. The highest BCUT2D eigenvalue weighted by Gasteiger charge is 2.46. The number of carbonyl (C=O) groups is 2. The number of pyridine rings is 1. The van der Waals surface area contributed by atoms with Crippen LogP contribution in [0.2, 0.25) is 0 Å². The molecule has 1 aromatic heterocycles. The van der Waals surface area contributed by atoms with Crippen LogP contribution in [0.4, 0.5) is 0 Å². The minimum Gasteiger partial charge on any atom is -0.507 e. The van der Waals surface area contributed by atoms with Gasteiger partial charge in [0, 0.05) is 38.2 Å². The number of carbonyl (C=O) groups excluding carboxylic acids is 2. The number of aryl methyl sites for hydroxylation is 1. The molecular weight excluding hydrogens is 408 g/mol. The molecule has 1 atom stereocenters. The number of Topliss-reactive ketones (excluding diaryl/α,β-unsaturated/α-hetero) is 1. The summed E-state index contributed by atoms with van der Waals surface area (Å²) in [6, 6.07) is 8.14. The molecule has 1 saturated heterocycles. The molecule has 0 radical (unpaired) electrons. The van der Waals surface area contributed by atoms with Gasteiger partial charge in [0.05, 0.1) is 18.2 Å². The first kappa shape index (κ1) is 23.5. The molecule has 7 heteroatoms. The second-order valence-electron chi connectivity index (χ2n) is 8.31. The fraction of sp³-hybridized carbons (Fsp3) is 0.400. The number of aromatic nitrogens is 1. The van der Waals surface area contributed by atoms with Crippen molar-refractivity contribution >= 4 is 17.4 Å². The summed E-state index contributed by atoms with van der Waals surface area (Å²) >= 11 is 0. The van der Waals surface area contributed by atoms with E-state index in [2.05, 4.69) is 18.8 Å². The van der Waals surface area contributed by atoms with Crippen LogP contribution in [-0.2, 0) is 14.3 Å². The summed E-state index contributed by atoms with van der Waals surface area (Å²) < 4.78 is 10.9.